The Balaban J connectivity index is 0. The van der Waals surface area contributed by atoms with Crippen molar-refractivity contribution in [3.63, 3.8) is 0 Å². The normalized spacial score (nSPS) is 8.78. The van der Waals surface area contributed by atoms with E-state index in [-0.39, 0.29) is 22.3 Å². The molecule has 2 rings (SSSR count). The van der Waals surface area contributed by atoms with Gasteiger partial charge in [-0.3, -0.25) is 0 Å². The van der Waals surface area contributed by atoms with Gasteiger partial charge in [0.25, 0.3) is 0 Å². The molecule has 2 aromatic rings. The molecule has 0 unspecified atom stereocenters. The smallest absolute Gasteiger partial charge is 0.00867 e. The van der Waals surface area contributed by atoms with Crippen molar-refractivity contribution in [2.24, 2.45) is 0 Å². The Kier molecular flexibility index (Phi) is 9.89. The maximum absolute atomic E-state index is 2.24. The monoisotopic (exact) mass is 244 g/mol. The first-order valence-corrected chi connectivity index (χ1v) is 5.51. The molecule has 2 aromatic carbocycles. The van der Waals surface area contributed by atoms with Crippen LogP contribution in [0.15, 0.2) is 60.7 Å². The summed E-state index contributed by atoms with van der Waals surface area (Å²) in [6, 6.07) is 21.4. The summed E-state index contributed by atoms with van der Waals surface area (Å²) < 4.78 is 0. The van der Waals surface area contributed by atoms with Crippen molar-refractivity contribution in [3.05, 3.63) is 71.8 Å². The topological polar surface area (TPSA) is 0 Å². The van der Waals surface area contributed by atoms with Crippen molar-refractivity contribution >= 4 is 0 Å². The minimum atomic E-state index is 0. The quantitative estimate of drug-likeness (QED) is 0.608. The second-order valence-corrected chi connectivity index (χ2v) is 3.78. The number of hydrogen-bond donors (Lipinski definition) is 0. The molecule has 18 heavy (non-hydrogen) atoms. The molecule has 0 heteroatoms. The highest BCUT2D eigenvalue weighted by Crippen LogP contribution is 2.26. The zero-order valence-electron chi connectivity index (χ0n) is 9.06. The Morgan fingerprint density at radius 3 is 1.28 bits per heavy atom. The van der Waals surface area contributed by atoms with Crippen LogP contribution in [0.4, 0.5) is 0 Å². The summed E-state index contributed by atoms with van der Waals surface area (Å²) >= 11 is 0. The predicted molar refractivity (Wildman–Crippen MR) is 85.2 cm³/mol. The fraction of sp³-hybridized carbons (Fsp3) is 0.333. The lowest BCUT2D eigenvalue weighted by Crippen LogP contribution is -1.98. The van der Waals surface area contributed by atoms with Gasteiger partial charge in [-0.15, -0.1) is 0 Å². The fourth-order valence-electron chi connectivity index (χ4n) is 2.03. The predicted octanol–water partition coefficient (Wildman–Crippen LogP) is 6.14. The molecule has 0 aliphatic rings. The lowest BCUT2D eigenvalue weighted by atomic mass is 9.89. The van der Waals surface area contributed by atoms with E-state index in [0.29, 0.717) is 5.92 Å². The van der Waals surface area contributed by atoms with Gasteiger partial charge in [0.1, 0.15) is 0 Å². The van der Waals surface area contributed by atoms with Crippen molar-refractivity contribution in [1.82, 2.24) is 0 Å². The molecule has 0 fully saturated rings. The van der Waals surface area contributed by atoms with Gasteiger partial charge in [-0.1, -0.05) is 89.9 Å². The Labute approximate surface area is 114 Å². The Bertz CT molecular complexity index is 349. The van der Waals surface area contributed by atoms with E-state index in [1.807, 2.05) is 0 Å². The molecule has 0 aliphatic heterocycles. The van der Waals surface area contributed by atoms with E-state index < -0.39 is 0 Å². The summed E-state index contributed by atoms with van der Waals surface area (Å²) in [4.78, 5) is 0. The van der Waals surface area contributed by atoms with Crippen LogP contribution in [0.2, 0.25) is 0 Å². The summed E-state index contributed by atoms with van der Waals surface area (Å²) in [5, 5.41) is 0. The SMILES string of the molecule is C.C.C.CCC(c1ccccc1)c1ccccc1. The fourth-order valence-corrected chi connectivity index (χ4v) is 2.03. The van der Waals surface area contributed by atoms with Crippen LogP contribution in [0.5, 0.6) is 0 Å². The minimum Gasteiger partial charge on any atom is -0.0776 e. The summed E-state index contributed by atoms with van der Waals surface area (Å²) in [7, 11) is 0. The maximum Gasteiger partial charge on any atom is 0.00867 e. The van der Waals surface area contributed by atoms with Gasteiger partial charge in [0.15, 0.2) is 0 Å². The summed E-state index contributed by atoms with van der Waals surface area (Å²) in [6.07, 6.45) is 1.15. The van der Waals surface area contributed by atoms with Gasteiger partial charge in [-0.25, -0.2) is 0 Å². The van der Waals surface area contributed by atoms with Crippen LogP contribution >= 0.6 is 0 Å². The van der Waals surface area contributed by atoms with E-state index in [1.165, 1.54) is 11.1 Å². The Hall–Kier alpha value is -1.56. The van der Waals surface area contributed by atoms with Gasteiger partial charge < -0.3 is 0 Å². The molecule has 0 atom stereocenters. The largest absolute Gasteiger partial charge is 0.0776 e. The third-order valence-electron chi connectivity index (χ3n) is 2.81. The Morgan fingerprint density at radius 1 is 0.667 bits per heavy atom. The molecule has 0 nitrogen and oxygen atoms in total. The van der Waals surface area contributed by atoms with Crippen LogP contribution in [-0.4, -0.2) is 0 Å². The highest BCUT2D eigenvalue weighted by atomic mass is 14.1. The van der Waals surface area contributed by atoms with Crippen molar-refractivity contribution in [3.8, 4) is 0 Å². The van der Waals surface area contributed by atoms with Gasteiger partial charge in [-0.05, 0) is 17.5 Å². The first-order valence-electron chi connectivity index (χ1n) is 5.51. The third kappa shape index (κ3) is 4.37. The molecule has 0 bridgehead atoms. The highest BCUT2D eigenvalue weighted by molar-refractivity contribution is 5.31. The second-order valence-electron chi connectivity index (χ2n) is 3.78. The maximum atomic E-state index is 2.24. The van der Waals surface area contributed by atoms with Crippen LogP contribution in [0, 0.1) is 0 Å². The van der Waals surface area contributed by atoms with E-state index in [9.17, 15) is 0 Å². The van der Waals surface area contributed by atoms with Gasteiger partial charge >= 0.3 is 0 Å². The number of hydrogen-bond acceptors (Lipinski definition) is 0. The number of benzene rings is 2. The zero-order chi connectivity index (χ0) is 10.5. The van der Waals surface area contributed by atoms with Crippen molar-refractivity contribution in [2.75, 3.05) is 0 Å². The average Bonchev–Trinajstić information content (AvgIpc) is 2.33. The minimum absolute atomic E-state index is 0. The molecule has 0 heterocycles. The van der Waals surface area contributed by atoms with Crippen molar-refractivity contribution in [2.45, 2.75) is 41.5 Å². The standard InChI is InChI=1S/C15H16.3CH4/c1-2-15(13-9-5-3-6-10-13)14-11-7-4-8-12-14;;;/h3-12,15H,2H2,1H3;3*1H4. The molecule has 100 valence electrons. The highest BCUT2D eigenvalue weighted by Gasteiger charge is 2.10. The van der Waals surface area contributed by atoms with E-state index >= 15 is 0 Å². The molecule has 0 saturated carbocycles. The van der Waals surface area contributed by atoms with Crippen molar-refractivity contribution in [1.29, 1.82) is 0 Å². The Morgan fingerprint density at radius 2 is 1.00 bits per heavy atom. The van der Waals surface area contributed by atoms with Crippen LogP contribution in [0.3, 0.4) is 0 Å². The molecule has 0 amide bonds. The first kappa shape index (κ1) is 18.8. The second kappa shape index (κ2) is 9.47. The molecule has 0 saturated heterocycles. The molecular weight excluding hydrogens is 216 g/mol. The van der Waals surface area contributed by atoms with E-state index in [2.05, 4.69) is 67.6 Å². The van der Waals surface area contributed by atoms with Crippen LogP contribution in [0.1, 0.15) is 52.7 Å². The molecule has 0 spiro atoms. The van der Waals surface area contributed by atoms with Gasteiger partial charge in [0.05, 0.1) is 0 Å². The van der Waals surface area contributed by atoms with Crippen LogP contribution in [-0.2, 0) is 0 Å². The third-order valence-corrected chi connectivity index (χ3v) is 2.81. The van der Waals surface area contributed by atoms with Crippen LogP contribution < -0.4 is 0 Å². The van der Waals surface area contributed by atoms with Crippen LogP contribution in [0.25, 0.3) is 0 Å². The van der Waals surface area contributed by atoms with E-state index in [0.717, 1.165) is 6.42 Å². The molecule has 0 aromatic heterocycles. The summed E-state index contributed by atoms with van der Waals surface area (Å²) in [5.74, 6) is 0.535. The van der Waals surface area contributed by atoms with E-state index in [4.69, 9.17) is 0 Å². The van der Waals surface area contributed by atoms with Gasteiger partial charge in [0.2, 0.25) is 0 Å². The summed E-state index contributed by atoms with van der Waals surface area (Å²) in [6.45, 7) is 2.24. The molecule has 0 aliphatic carbocycles. The first-order chi connectivity index (χ1) is 7.42. The number of rotatable bonds is 3. The molecule has 0 N–H and O–H groups in total. The molecule has 0 radical (unpaired) electrons. The van der Waals surface area contributed by atoms with Crippen molar-refractivity contribution < 1.29 is 0 Å². The van der Waals surface area contributed by atoms with E-state index in [1.54, 1.807) is 0 Å². The lowest BCUT2D eigenvalue weighted by molar-refractivity contribution is 0.777. The molecular formula is C18H28. The summed E-state index contributed by atoms with van der Waals surface area (Å²) in [5.41, 5.74) is 2.82. The van der Waals surface area contributed by atoms with Gasteiger partial charge in [0, 0.05) is 5.92 Å². The zero-order valence-corrected chi connectivity index (χ0v) is 9.06. The van der Waals surface area contributed by atoms with Gasteiger partial charge in [-0.2, -0.15) is 0 Å². The lowest BCUT2D eigenvalue weighted by Gasteiger charge is -2.15. The average molecular weight is 244 g/mol.